The van der Waals surface area contributed by atoms with E-state index in [9.17, 15) is 0 Å². The Bertz CT molecular complexity index is 358. The lowest BCUT2D eigenvalue weighted by atomic mass is 9.86. The molecule has 0 aromatic carbocycles. The third-order valence-electron chi connectivity index (χ3n) is 4.31. The maximum absolute atomic E-state index is 6.56. The highest BCUT2D eigenvalue weighted by atomic mass is 15.2. The van der Waals surface area contributed by atoms with Gasteiger partial charge in [-0.1, -0.05) is 19.8 Å². The summed E-state index contributed by atoms with van der Waals surface area (Å²) in [5.74, 6) is 0.858. The third-order valence-corrected chi connectivity index (χ3v) is 4.31. The van der Waals surface area contributed by atoms with Crippen molar-refractivity contribution in [2.75, 3.05) is 0 Å². The zero-order valence-electron chi connectivity index (χ0n) is 11.2. The monoisotopic (exact) mass is 235 g/mol. The predicted molar refractivity (Wildman–Crippen MR) is 70.7 cm³/mol. The lowest BCUT2D eigenvalue weighted by Crippen LogP contribution is -2.39. The molecule has 1 fully saturated rings. The van der Waals surface area contributed by atoms with Crippen molar-refractivity contribution in [2.24, 2.45) is 18.7 Å². The van der Waals surface area contributed by atoms with Gasteiger partial charge in [-0.2, -0.15) is 5.10 Å². The van der Waals surface area contributed by atoms with Gasteiger partial charge in [-0.25, -0.2) is 0 Å². The Morgan fingerprint density at radius 1 is 1.47 bits per heavy atom. The summed E-state index contributed by atoms with van der Waals surface area (Å²) in [6.45, 7) is 2.35. The van der Waals surface area contributed by atoms with Gasteiger partial charge in [0.05, 0.1) is 0 Å². The first-order valence-corrected chi connectivity index (χ1v) is 6.85. The molecule has 3 heteroatoms. The minimum absolute atomic E-state index is 0.0645. The van der Waals surface area contributed by atoms with Gasteiger partial charge in [0.2, 0.25) is 0 Å². The number of rotatable bonds is 3. The summed E-state index contributed by atoms with van der Waals surface area (Å²) in [4.78, 5) is 0. The average molecular weight is 235 g/mol. The van der Waals surface area contributed by atoms with Crippen LogP contribution in [0.3, 0.4) is 0 Å². The van der Waals surface area contributed by atoms with E-state index in [4.69, 9.17) is 5.73 Å². The van der Waals surface area contributed by atoms with Crippen LogP contribution in [0.4, 0.5) is 0 Å². The summed E-state index contributed by atoms with van der Waals surface area (Å²) in [5, 5.41) is 4.21. The van der Waals surface area contributed by atoms with Crippen LogP contribution in [0.5, 0.6) is 0 Å². The molecule has 1 aliphatic rings. The van der Waals surface area contributed by atoms with Crippen molar-refractivity contribution >= 4 is 0 Å². The molecule has 2 atom stereocenters. The Labute approximate surface area is 104 Å². The van der Waals surface area contributed by atoms with Crippen LogP contribution in [0.2, 0.25) is 0 Å². The molecule has 0 saturated heterocycles. The van der Waals surface area contributed by atoms with Crippen LogP contribution >= 0.6 is 0 Å². The minimum atomic E-state index is 0.0645. The van der Waals surface area contributed by atoms with Gasteiger partial charge < -0.3 is 5.73 Å². The Balaban J connectivity index is 1.91. The van der Waals surface area contributed by atoms with Crippen molar-refractivity contribution in [3.05, 3.63) is 18.0 Å². The highest BCUT2D eigenvalue weighted by molar-refractivity contribution is 5.02. The lowest BCUT2D eigenvalue weighted by molar-refractivity contribution is 0.338. The molecule has 1 aliphatic carbocycles. The molecule has 1 heterocycles. The third kappa shape index (κ3) is 3.32. The molecule has 2 rings (SSSR count). The molecule has 0 spiro atoms. The number of aromatic nitrogens is 2. The van der Waals surface area contributed by atoms with E-state index in [1.54, 1.807) is 0 Å². The molecular weight excluding hydrogens is 210 g/mol. The molecule has 2 N–H and O–H groups in total. The zero-order valence-corrected chi connectivity index (χ0v) is 11.2. The largest absolute Gasteiger partial charge is 0.325 e. The summed E-state index contributed by atoms with van der Waals surface area (Å²) in [6.07, 6.45) is 10.3. The maximum Gasteiger partial charge on any atom is 0.0492 e. The van der Waals surface area contributed by atoms with E-state index in [1.807, 2.05) is 17.9 Å². The first kappa shape index (κ1) is 12.6. The summed E-state index contributed by atoms with van der Waals surface area (Å²) in [7, 11) is 2.01. The fourth-order valence-electron chi connectivity index (χ4n) is 2.88. The maximum atomic E-state index is 6.56. The van der Waals surface area contributed by atoms with Gasteiger partial charge in [0, 0.05) is 24.5 Å². The Kier molecular flexibility index (Phi) is 3.87. The van der Waals surface area contributed by atoms with E-state index >= 15 is 0 Å². The average Bonchev–Trinajstić information content (AvgIpc) is 2.62. The first-order valence-electron chi connectivity index (χ1n) is 6.85. The lowest BCUT2D eigenvalue weighted by Gasteiger charge is -2.28. The van der Waals surface area contributed by atoms with E-state index in [0.717, 1.165) is 18.8 Å². The van der Waals surface area contributed by atoms with Gasteiger partial charge in [-0.15, -0.1) is 0 Å². The van der Waals surface area contributed by atoms with Crippen LogP contribution in [0, 0.1) is 5.92 Å². The van der Waals surface area contributed by atoms with Crippen molar-refractivity contribution in [3.63, 3.8) is 0 Å². The molecule has 1 saturated carbocycles. The van der Waals surface area contributed by atoms with Crippen molar-refractivity contribution in [1.82, 2.24) is 9.78 Å². The first-order chi connectivity index (χ1) is 8.09. The molecule has 2 unspecified atom stereocenters. The Morgan fingerprint density at radius 2 is 2.29 bits per heavy atom. The van der Waals surface area contributed by atoms with E-state index in [1.165, 1.54) is 37.8 Å². The molecule has 1 aromatic rings. The second kappa shape index (κ2) is 5.21. The Morgan fingerprint density at radius 3 is 3.00 bits per heavy atom. The van der Waals surface area contributed by atoms with E-state index in [2.05, 4.69) is 18.1 Å². The second-order valence-corrected chi connectivity index (χ2v) is 5.84. The topological polar surface area (TPSA) is 43.8 Å². The van der Waals surface area contributed by atoms with Crippen LogP contribution in [0.25, 0.3) is 0 Å². The molecule has 0 radical (unpaired) electrons. The van der Waals surface area contributed by atoms with Crippen LogP contribution < -0.4 is 5.73 Å². The summed E-state index contributed by atoms with van der Waals surface area (Å²) in [5.41, 5.74) is 7.92. The number of hydrogen-bond acceptors (Lipinski definition) is 2. The highest BCUT2D eigenvalue weighted by Crippen LogP contribution is 2.31. The SMILES string of the molecule is CC1CCCC(N)(CCc2ccnn2C)CC1. The summed E-state index contributed by atoms with van der Waals surface area (Å²) < 4.78 is 1.96. The predicted octanol–water partition coefficient (Wildman–Crippen LogP) is 2.65. The quantitative estimate of drug-likeness (QED) is 0.819. The van der Waals surface area contributed by atoms with Crippen molar-refractivity contribution < 1.29 is 0 Å². The van der Waals surface area contributed by atoms with Gasteiger partial charge in [-0.3, -0.25) is 4.68 Å². The molecule has 0 aliphatic heterocycles. The standard InChI is InChI=1S/C14H25N3/c1-12-4-3-8-14(15,9-5-12)10-6-13-7-11-16-17(13)2/h7,11-12H,3-6,8-10,15H2,1-2H3. The molecule has 0 bridgehead atoms. The fraction of sp³-hybridized carbons (Fsp3) is 0.786. The van der Waals surface area contributed by atoms with Crippen LogP contribution in [0.15, 0.2) is 12.3 Å². The Hall–Kier alpha value is -0.830. The molecule has 1 aromatic heterocycles. The second-order valence-electron chi connectivity index (χ2n) is 5.84. The van der Waals surface area contributed by atoms with Gasteiger partial charge in [0.25, 0.3) is 0 Å². The molecule has 96 valence electrons. The molecule has 17 heavy (non-hydrogen) atoms. The van der Waals surface area contributed by atoms with Gasteiger partial charge >= 0.3 is 0 Å². The number of nitrogens with zero attached hydrogens (tertiary/aromatic N) is 2. The smallest absolute Gasteiger partial charge is 0.0492 e. The minimum Gasteiger partial charge on any atom is -0.325 e. The van der Waals surface area contributed by atoms with Gasteiger partial charge in [0.1, 0.15) is 0 Å². The summed E-state index contributed by atoms with van der Waals surface area (Å²) >= 11 is 0. The summed E-state index contributed by atoms with van der Waals surface area (Å²) in [6, 6.07) is 2.10. The molecule has 0 amide bonds. The number of aryl methyl sites for hydroxylation is 2. The normalized spacial score (nSPS) is 30.2. The number of nitrogens with two attached hydrogens (primary N) is 1. The number of hydrogen-bond donors (Lipinski definition) is 1. The van der Waals surface area contributed by atoms with Crippen molar-refractivity contribution in [1.29, 1.82) is 0 Å². The molecular formula is C14H25N3. The van der Waals surface area contributed by atoms with E-state index < -0.39 is 0 Å². The zero-order chi connectivity index (χ0) is 12.3. The van der Waals surface area contributed by atoms with Gasteiger partial charge in [-0.05, 0) is 44.1 Å². The van der Waals surface area contributed by atoms with Crippen molar-refractivity contribution in [2.45, 2.75) is 57.4 Å². The molecule has 3 nitrogen and oxygen atoms in total. The van der Waals surface area contributed by atoms with E-state index in [0.29, 0.717) is 0 Å². The van der Waals surface area contributed by atoms with E-state index in [-0.39, 0.29) is 5.54 Å². The van der Waals surface area contributed by atoms with Crippen molar-refractivity contribution in [3.8, 4) is 0 Å². The fourth-order valence-corrected chi connectivity index (χ4v) is 2.88. The van der Waals surface area contributed by atoms with Crippen LogP contribution in [-0.2, 0) is 13.5 Å². The highest BCUT2D eigenvalue weighted by Gasteiger charge is 2.27. The van der Waals surface area contributed by atoms with Crippen LogP contribution in [0.1, 0.15) is 51.1 Å². The van der Waals surface area contributed by atoms with Gasteiger partial charge in [0.15, 0.2) is 0 Å². The van der Waals surface area contributed by atoms with Crippen LogP contribution in [-0.4, -0.2) is 15.3 Å².